The van der Waals surface area contributed by atoms with E-state index in [0.717, 1.165) is 0 Å². The fourth-order valence-electron chi connectivity index (χ4n) is 2.34. The second-order valence-corrected chi connectivity index (χ2v) is 4.82. The molecule has 0 saturated carbocycles. The van der Waals surface area contributed by atoms with Gasteiger partial charge in [0.1, 0.15) is 17.1 Å². The summed E-state index contributed by atoms with van der Waals surface area (Å²) in [5.74, 6) is -0.888. The first-order chi connectivity index (χ1) is 9.50. The number of aromatic hydroxyl groups is 2. The second-order valence-electron chi connectivity index (χ2n) is 4.82. The quantitative estimate of drug-likeness (QED) is 0.796. The van der Waals surface area contributed by atoms with Gasteiger partial charge in [0.2, 0.25) is 5.91 Å². The third-order valence-corrected chi connectivity index (χ3v) is 3.46. The van der Waals surface area contributed by atoms with E-state index in [1.807, 2.05) is 0 Å². The average Bonchev–Trinajstić information content (AvgIpc) is 2.64. The minimum absolute atomic E-state index is 0.00953. The van der Waals surface area contributed by atoms with Crippen LogP contribution in [0.2, 0.25) is 0 Å². The Hall–Kier alpha value is -2.24. The maximum absolute atomic E-state index is 12.4. The Kier molecular flexibility index (Phi) is 4.12. The Morgan fingerprint density at radius 2 is 1.55 bits per heavy atom. The molecule has 108 valence electrons. The Morgan fingerprint density at radius 3 is 2.15 bits per heavy atom. The smallest absolute Gasteiger partial charge is 0.261 e. The highest BCUT2D eigenvalue weighted by Gasteiger charge is 2.25. The van der Waals surface area contributed by atoms with Gasteiger partial charge in [0.15, 0.2) is 0 Å². The lowest BCUT2D eigenvalue weighted by Crippen LogP contribution is -2.36. The summed E-state index contributed by atoms with van der Waals surface area (Å²) in [7, 11) is 0. The zero-order chi connectivity index (χ0) is 14.7. The number of amides is 2. The van der Waals surface area contributed by atoms with Gasteiger partial charge in [-0.25, -0.2) is 0 Å². The monoisotopic (exact) mass is 278 g/mol. The first-order valence-corrected chi connectivity index (χ1v) is 6.56. The molecular weight excluding hydrogens is 260 g/mol. The van der Waals surface area contributed by atoms with Gasteiger partial charge in [0.05, 0.1) is 0 Å². The molecule has 20 heavy (non-hydrogen) atoms. The molecule has 0 radical (unpaired) electrons. The minimum atomic E-state index is -0.411. The van der Waals surface area contributed by atoms with E-state index in [1.165, 1.54) is 25.1 Å². The number of benzene rings is 1. The summed E-state index contributed by atoms with van der Waals surface area (Å²) in [4.78, 5) is 27.0. The average molecular weight is 278 g/mol. The van der Waals surface area contributed by atoms with E-state index in [9.17, 15) is 19.8 Å². The van der Waals surface area contributed by atoms with Crippen LogP contribution in [0.15, 0.2) is 18.2 Å². The van der Waals surface area contributed by atoms with Crippen molar-refractivity contribution in [3.8, 4) is 11.5 Å². The van der Waals surface area contributed by atoms with Crippen molar-refractivity contribution in [1.29, 1.82) is 0 Å². The molecule has 1 aliphatic rings. The number of hydrogen-bond acceptors (Lipinski definition) is 4. The van der Waals surface area contributed by atoms with Crippen LogP contribution in [0.3, 0.4) is 0 Å². The van der Waals surface area contributed by atoms with Gasteiger partial charge in [-0.3, -0.25) is 9.59 Å². The van der Waals surface area contributed by atoms with E-state index >= 15 is 0 Å². The molecule has 2 rings (SSSR count). The van der Waals surface area contributed by atoms with Gasteiger partial charge in [-0.05, 0) is 18.6 Å². The van der Waals surface area contributed by atoms with Crippen LogP contribution in [0.5, 0.6) is 11.5 Å². The molecule has 1 heterocycles. The normalized spacial score (nSPS) is 15.8. The number of hydrogen-bond donors (Lipinski definition) is 2. The van der Waals surface area contributed by atoms with Crippen LogP contribution in [0.1, 0.15) is 23.7 Å². The zero-order valence-electron chi connectivity index (χ0n) is 11.4. The van der Waals surface area contributed by atoms with Crippen molar-refractivity contribution < 1.29 is 19.8 Å². The lowest BCUT2D eigenvalue weighted by Gasteiger charge is -2.22. The molecule has 1 saturated heterocycles. The number of phenolic OH excluding ortho intramolecular Hbond substituents is 2. The van der Waals surface area contributed by atoms with Gasteiger partial charge in [0, 0.05) is 33.1 Å². The fourth-order valence-corrected chi connectivity index (χ4v) is 2.34. The summed E-state index contributed by atoms with van der Waals surface area (Å²) in [5, 5.41) is 19.5. The van der Waals surface area contributed by atoms with E-state index in [2.05, 4.69) is 0 Å². The summed E-state index contributed by atoms with van der Waals surface area (Å²) in [6, 6.07) is 4.21. The number of nitrogens with zero attached hydrogens (tertiary/aromatic N) is 2. The SMILES string of the molecule is CC(=O)N1CCCN(C(=O)c2c(O)cccc2O)CC1. The fraction of sp³-hybridized carbons (Fsp3) is 0.429. The highest BCUT2D eigenvalue weighted by Crippen LogP contribution is 2.27. The molecule has 0 atom stereocenters. The lowest BCUT2D eigenvalue weighted by atomic mass is 10.1. The number of rotatable bonds is 1. The summed E-state index contributed by atoms with van der Waals surface area (Å²) in [6.07, 6.45) is 0.680. The van der Waals surface area contributed by atoms with Gasteiger partial charge in [0.25, 0.3) is 5.91 Å². The van der Waals surface area contributed by atoms with Crippen molar-refractivity contribution in [2.45, 2.75) is 13.3 Å². The van der Waals surface area contributed by atoms with Crippen LogP contribution >= 0.6 is 0 Å². The van der Waals surface area contributed by atoms with E-state index in [4.69, 9.17) is 0 Å². The number of carbonyl (C=O) groups is 2. The molecule has 6 heteroatoms. The van der Waals surface area contributed by atoms with Crippen LogP contribution in [-0.2, 0) is 4.79 Å². The molecule has 0 aliphatic carbocycles. The van der Waals surface area contributed by atoms with Crippen molar-refractivity contribution in [2.75, 3.05) is 26.2 Å². The van der Waals surface area contributed by atoms with Crippen LogP contribution < -0.4 is 0 Å². The van der Waals surface area contributed by atoms with Crippen LogP contribution in [-0.4, -0.2) is 58.0 Å². The van der Waals surface area contributed by atoms with E-state index in [-0.39, 0.29) is 23.0 Å². The van der Waals surface area contributed by atoms with Crippen LogP contribution in [0.4, 0.5) is 0 Å². The van der Waals surface area contributed by atoms with Crippen molar-refractivity contribution in [1.82, 2.24) is 9.80 Å². The topological polar surface area (TPSA) is 81.1 Å². The number of phenols is 2. The second kappa shape index (κ2) is 5.81. The largest absolute Gasteiger partial charge is 0.507 e. The van der Waals surface area contributed by atoms with Gasteiger partial charge in [-0.1, -0.05) is 6.07 Å². The predicted molar refractivity (Wildman–Crippen MR) is 72.5 cm³/mol. The first-order valence-electron chi connectivity index (χ1n) is 6.56. The molecule has 0 unspecified atom stereocenters. The highest BCUT2D eigenvalue weighted by molar-refractivity contribution is 5.99. The molecule has 1 fully saturated rings. The molecule has 0 aromatic heterocycles. The van der Waals surface area contributed by atoms with E-state index < -0.39 is 5.91 Å². The first kappa shape index (κ1) is 14.2. The summed E-state index contributed by atoms with van der Waals surface area (Å²) in [5.41, 5.74) is -0.0798. The van der Waals surface area contributed by atoms with Crippen molar-refractivity contribution in [3.63, 3.8) is 0 Å². The van der Waals surface area contributed by atoms with Crippen LogP contribution in [0, 0.1) is 0 Å². The molecule has 0 spiro atoms. The van der Waals surface area contributed by atoms with Gasteiger partial charge in [-0.15, -0.1) is 0 Å². The van der Waals surface area contributed by atoms with Crippen LogP contribution in [0.25, 0.3) is 0 Å². The Labute approximate surface area is 117 Å². The summed E-state index contributed by atoms with van der Waals surface area (Å²) < 4.78 is 0. The van der Waals surface area contributed by atoms with Crippen molar-refractivity contribution >= 4 is 11.8 Å². The Bertz CT molecular complexity index is 510. The number of carbonyl (C=O) groups excluding carboxylic acids is 2. The molecule has 1 aliphatic heterocycles. The van der Waals surface area contributed by atoms with Gasteiger partial charge in [-0.2, -0.15) is 0 Å². The minimum Gasteiger partial charge on any atom is -0.507 e. The van der Waals surface area contributed by atoms with Crippen molar-refractivity contribution in [3.05, 3.63) is 23.8 Å². The standard InChI is InChI=1S/C14H18N2O4/c1-10(17)15-6-3-7-16(9-8-15)14(20)13-11(18)4-2-5-12(13)19/h2,4-5,18-19H,3,6-9H2,1H3. The van der Waals surface area contributed by atoms with E-state index in [0.29, 0.717) is 32.6 Å². The zero-order valence-corrected chi connectivity index (χ0v) is 11.4. The molecular formula is C14H18N2O4. The van der Waals surface area contributed by atoms with Crippen molar-refractivity contribution in [2.24, 2.45) is 0 Å². The maximum atomic E-state index is 12.4. The third kappa shape index (κ3) is 2.84. The molecule has 2 amide bonds. The van der Waals surface area contributed by atoms with Gasteiger partial charge >= 0.3 is 0 Å². The summed E-state index contributed by atoms with van der Waals surface area (Å²) in [6.45, 7) is 3.48. The molecule has 0 bridgehead atoms. The Morgan fingerprint density at radius 1 is 1.00 bits per heavy atom. The maximum Gasteiger partial charge on any atom is 0.261 e. The molecule has 1 aromatic rings. The highest BCUT2D eigenvalue weighted by atomic mass is 16.3. The molecule has 1 aromatic carbocycles. The Balaban J connectivity index is 2.16. The molecule has 6 nitrogen and oxygen atoms in total. The molecule has 2 N–H and O–H groups in total. The van der Waals surface area contributed by atoms with Gasteiger partial charge < -0.3 is 20.0 Å². The predicted octanol–water partition coefficient (Wildman–Crippen LogP) is 0.792. The summed E-state index contributed by atoms with van der Waals surface area (Å²) >= 11 is 0. The third-order valence-electron chi connectivity index (χ3n) is 3.46. The lowest BCUT2D eigenvalue weighted by molar-refractivity contribution is -0.128. The van der Waals surface area contributed by atoms with E-state index in [1.54, 1.807) is 9.80 Å².